The lowest BCUT2D eigenvalue weighted by atomic mass is 10.2. The van der Waals surface area contributed by atoms with Gasteiger partial charge >= 0.3 is 12.1 Å². The van der Waals surface area contributed by atoms with E-state index in [-0.39, 0.29) is 26.4 Å². The Balaban J connectivity index is 3.66. The molecule has 124 valence electrons. The number of carbonyl (C=O) groups excluding carboxylic acids is 1. The number of alkyl carbamates (subject to hydrolysis) is 1. The maximum Gasteiger partial charge on any atom is 0.407 e. The maximum atomic E-state index is 11.3. The SMILES string of the molecule is CSCCC(NC(=O)OCCOCCON(O)O)C(=O)O. The molecule has 0 aliphatic heterocycles. The molecule has 1 unspecified atom stereocenters. The van der Waals surface area contributed by atoms with Crippen molar-refractivity contribution in [1.29, 1.82) is 0 Å². The van der Waals surface area contributed by atoms with Gasteiger partial charge in [0.15, 0.2) is 0 Å². The lowest BCUT2D eigenvalue weighted by Gasteiger charge is -2.14. The molecule has 4 N–H and O–H groups in total. The molecule has 0 saturated heterocycles. The molecular weight excluding hydrogens is 308 g/mol. The van der Waals surface area contributed by atoms with Gasteiger partial charge < -0.3 is 19.9 Å². The van der Waals surface area contributed by atoms with Gasteiger partial charge in [-0.05, 0) is 18.4 Å². The summed E-state index contributed by atoms with van der Waals surface area (Å²) in [5.41, 5.74) is 0. The third-order valence-corrected chi connectivity index (χ3v) is 2.74. The third kappa shape index (κ3) is 12.3. The first-order valence-electron chi connectivity index (χ1n) is 6.01. The van der Waals surface area contributed by atoms with Crippen molar-refractivity contribution in [3.05, 3.63) is 0 Å². The van der Waals surface area contributed by atoms with Crippen LogP contribution in [0.4, 0.5) is 4.79 Å². The topological polar surface area (TPSA) is 138 Å². The van der Waals surface area contributed by atoms with Crippen LogP contribution in [0.25, 0.3) is 0 Å². The monoisotopic (exact) mass is 328 g/mol. The summed E-state index contributed by atoms with van der Waals surface area (Å²) in [6.45, 7) is -0.0259. The molecule has 0 aliphatic rings. The Hall–Kier alpha value is -1.11. The van der Waals surface area contributed by atoms with Crippen molar-refractivity contribution in [2.24, 2.45) is 0 Å². The number of thioether (sulfide) groups is 1. The van der Waals surface area contributed by atoms with E-state index in [4.69, 9.17) is 25.0 Å². The van der Waals surface area contributed by atoms with Crippen molar-refractivity contribution in [3.63, 3.8) is 0 Å². The molecule has 0 radical (unpaired) electrons. The smallest absolute Gasteiger partial charge is 0.407 e. The first-order valence-corrected chi connectivity index (χ1v) is 7.40. The highest BCUT2D eigenvalue weighted by Crippen LogP contribution is 2.01. The maximum absolute atomic E-state index is 11.3. The summed E-state index contributed by atoms with van der Waals surface area (Å²) in [5.74, 6) is -0.514. The Kier molecular flexibility index (Phi) is 12.0. The average molecular weight is 328 g/mol. The highest BCUT2D eigenvalue weighted by atomic mass is 32.2. The number of hydrogen-bond acceptors (Lipinski definition) is 9. The van der Waals surface area contributed by atoms with Gasteiger partial charge in [-0.2, -0.15) is 11.8 Å². The van der Waals surface area contributed by atoms with Crippen LogP contribution in [0.3, 0.4) is 0 Å². The van der Waals surface area contributed by atoms with Crippen molar-refractivity contribution >= 4 is 23.8 Å². The van der Waals surface area contributed by atoms with Gasteiger partial charge in [0, 0.05) is 0 Å². The molecule has 0 saturated carbocycles. The zero-order valence-electron chi connectivity index (χ0n) is 11.6. The molecule has 21 heavy (non-hydrogen) atoms. The minimum absolute atomic E-state index is 0.0636. The molecule has 0 bridgehead atoms. The molecule has 0 rings (SSSR count). The second kappa shape index (κ2) is 12.6. The molecule has 0 aromatic rings. The van der Waals surface area contributed by atoms with Crippen LogP contribution in [0.1, 0.15) is 6.42 Å². The van der Waals surface area contributed by atoms with Gasteiger partial charge in [0.2, 0.25) is 0 Å². The molecule has 0 aromatic carbocycles. The minimum Gasteiger partial charge on any atom is -0.480 e. The van der Waals surface area contributed by atoms with E-state index in [1.807, 2.05) is 6.26 Å². The van der Waals surface area contributed by atoms with Crippen molar-refractivity contribution in [3.8, 4) is 0 Å². The normalized spacial score (nSPS) is 12.2. The molecular formula is C10H20N2O8S. The van der Waals surface area contributed by atoms with E-state index in [1.54, 1.807) is 0 Å². The van der Waals surface area contributed by atoms with E-state index < -0.39 is 23.5 Å². The number of nitrogens with zero attached hydrogens (tertiary/aromatic N) is 1. The number of hydrogen-bond donors (Lipinski definition) is 4. The van der Waals surface area contributed by atoms with Gasteiger partial charge in [0.25, 0.3) is 0 Å². The minimum atomic E-state index is -1.12. The Morgan fingerprint density at radius 2 is 1.90 bits per heavy atom. The summed E-state index contributed by atoms with van der Waals surface area (Å²) in [5, 5.41) is 27.1. The zero-order chi connectivity index (χ0) is 16.1. The van der Waals surface area contributed by atoms with Crippen LogP contribution < -0.4 is 5.32 Å². The van der Waals surface area contributed by atoms with Gasteiger partial charge in [-0.1, -0.05) is 0 Å². The van der Waals surface area contributed by atoms with Crippen LogP contribution in [0, 0.1) is 0 Å². The van der Waals surface area contributed by atoms with Crippen molar-refractivity contribution in [2.75, 3.05) is 38.4 Å². The quantitative estimate of drug-likeness (QED) is 0.285. The largest absolute Gasteiger partial charge is 0.480 e. The van der Waals surface area contributed by atoms with E-state index in [2.05, 4.69) is 10.2 Å². The number of carboxylic acids is 1. The van der Waals surface area contributed by atoms with E-state index in [1.165, 1.54) is 11.8 Å². The molecule has 1 atom stereocenters. The molecule has 0 spiro atoms. The summed E-state index contributed by atoms with van der Waals surface area (Å²) < 4.78 is 9.69. The van der Waals surface area contributed by atoms with Crippen LogP contribution in [0.5, 0.6) is 0 Å². The first-order chi connectivity index (χ1) is 9.97. The third-order valence-electron chi connectivity index (χ3n) is 2.10. The Morgan fingerprint density at radius 3 is 2.48 bits per heavy atom. The lowest BCUT2D eigenvalue weighted by Crippen LogP contribution is -2.41. The average Bonchev–Trinajstić information content (AvgIpc) is 2.41. The molecule has 10 nitrogen and oxygen atoms in total. The summed E-state index contributed by atoms with van der Waals surface area (Å²) in [6.07, 6.45) is 1.31. The molecule has 0 aromatic heterocycles. The standard InChI is InChI=1S/C10H20N2O8S/c1-21-7-2-8(9(13)14)11-10(15)19-5-3-18-4-6-20-12(16)17/h8,16-17H,2-7H2,1H3,(H,11,15)(H,13,14). The molecule has 0 fully saturated rings. The van der Waals surface area contributed by atoms with Crippen molar-refractivity contribution in [2.45, 2.75) is 12.5 Å². The Bertz CT molecular complexity index is 305. The number of ether oxygens (including phenoxy) is 2. The number of aliphatic carboxylic acids is 1. The Morgan fingerprint density at radius 1 is 1.24 bits per heavy atom. The number of nitrogens with one attached hydrogen (secondary N) is 1. The predicted molar refractivity (Wildman–Crippen MR) is 71.1 cm³/mol. The van der Waals surface area contributed by atoms with Gasteiger partial charge in [0.1, 0.15) is 12.6 Å². The fourth-order valence-electron chi connectivity index (χ4n) is 1.15. The van der Waals surface area contributed by atoms with Gasteiger partial charge in [-0.25, -0.2) is 14.4 Å². The van der Waals surface area contributed by atoms with E-state index in [0.717, 1.165) is 0 Å². The number of carbonyl (C=O) groups is 2. The van der Waals surface area contributed by atoms with Crippen LogP contribution in [0.2, 0.25) is 0 Å². The predicted octanol–water partition coefficient (Wildman–Crippen LogP) is -0.0525. The summed E-state index contributed by atoms with van der Waals surface area (Å²) >= 11 is 1.48. The fourth-order valence-corrected chi connectivity index (χ4v) is 1.62. The molecule has 0 heterocycles. The van der Waals surface area contributed by atoms with E-state index in [0.29, 0.717) is 12.2 Å². The molecule has 0 aliphatic carbocycles. The second-order valence-corrected chi connectivity index (χ2v) is 4.64. The molecule has 1 amide bonds. The van der Waals surface area contributed by atoms with Gasteiger partial charge in [-0.15, -0.1) is 0 Å². The lowest BCUT2D eigenvalue weighted by molar-refractivity contribution is -0.493. The molecule has 11 heteroatoms. The number of amides is 1. The van der Waals surface area contributed by atoms with E-state index >= 15 is 0 Å². The first kappa shape index (κ1) is 19.9. The van der Waals surface area contributed by atoms with Crippen LogP contribution >= 0.6 is 11.8 Å². The summed E-state index contributed by atoms with van der Waals surface area (Å²) in [4.78, 5) is 26.4. The van der Waals surface area contributed by atoms with Gasteiger partial charge in [-0.3, -0.25) is 10.4 Å². The fraction of sp³-hybridized carbons (Fsp3) is 0.800. The number of rotatable bonds is 12. The van der Waals surface area contributed by atoms with Gasteiger partial charge in [0.05, 0.1) is 25.2 Å². The second-order valence-electron chi connectivity index (χ2n) is 3.65. The number of carboxylic acid groups (broad SMARTS) is 1. The van der Waals surface area contributed by atoms with Crippen LogP contribution in [-0.2, 0) is 19.1 Å². The van der Waals surface area contributed by atoms with Crippen molar-refractivity contribution < 1.29 is 39.4 Å². The van der Waals surface area contributed by atoms with Crippen LogP contribution in [0.15, 0.2) is 0 Å². The Labute approximate surface area is 125 Å². The highest BCUT2D eigenvalue weighted by molar-refractivity contribution is 7.98. The summed E-state index contributed by atoms with van der Waals surface area (Å²) in [7, 11) is 0. The van der Waals surface area contributed by atoms with Crippen LogP contribution in [-0.4, -0.2) is 77.5 Å². The zero-order valence-corrected chi connectivity index (χ0v) is 12.4. The highest BCUT2D eigenvalue weighted by Gasteiger charge is 2.19. The van der Waals surface area contributed by atoms with Crippen molar-refractivity contribution in [1.82, 2.24) is 10.7 Å². The summed E-state index contributed by atoms with van der Waals surface area (Å²) in [6, 6.07) is -0.987. The van der Waals surface area contributed by atoms with E-state index in [9.17, 15) is 9.59 Å².